The number of rotatable bonds is 2. The van der Waals surface area contributed by atoms with Crippen molar-refractivity contribution >= 4 is 65.8 Å². The van der Waals surface area contributed by atoms with Gasteiger partial charge in [0.05, 0.1) is 17.1 Å². The predicted octanol–water partition coefficient (Wildman–Crippen LogP) is 10.2. The highest BCUT2D eigenvalue weighted by molar-refractivity contribution is 6.13. The van der Waals surface area contributed by atoms with Crippen molar-refractivity contribution in [1.29, 1.82) is 0 Å². The smallest absolute Gasteiger partial charge is 0.0836 e. The lowest BCUT2D eigenvalue weighted by molar-refractivity contribution is 0.183. The Balaban J connectivity index is 1.27. The number of hydrogen-bond donors (Lipinski definition) is 1. The van der Waals surface area contributed by atoms with E-state index in [4.69, 9.17) is 0 Å². The third-order valence-corrected chi connectivity index (χ3v) is 9.02. The van der Waals surface area contributed by atoms with Gasteiger partial charge >= 0.3 is 0 Å². The number of benzene rings is 7. The van der Waals surface area contributed by atoms with Crippen molar-refractivity contribution in [3.05, 3.63) is 150 Å². The molecule has 1 atom stereocenters. The fourth-order valence-corrected chi connectivity index (χ4v) is 7.07. The van der Waals surface area contributed by atoms with E-state index in [9.17, 15) is 5.11 Å². The monoisotopic (exact) mass is 537 g/mol. The molecule has 1 unspecified atom stereocenters. The molecule has 1 aliphatic carbocycles. The van der Waals surface area contributed by atoms with E-state index in [1.165, 1.54) is 59.7 Å². The summed E-state index contributed by atoms with van der Waals surface area (Å²) in [4.78, 5) is 0. The second kappa shape index (κ2) is 8.91. The minimum atomic E-state index is -0.568. The summed E-state index contributed by atoms with van der Waals surface area (Å²) >= 11 is 0. The van der Waals surface area contributed by atoms with Gasteiger partial charge in [-0.15, -0.1) is 0 Å². The highest BCUT2D eigenvalue weighted by Crippen LogP contribution is 2.43. The van der Waals surface area contributed by atoms with E-state index in [2.05, 4.69) is 144 Å². The molecule has 0 radical (unpaired) electrons. The minimum absolute atomic E-state index is 0.568. The van der Waals surface area contributed by atoms with Crippen molar-refractivity contribution in [2.45, 2.75) is 12.5 Å². The molecule has 198 valence electrons. The lowest BCUT2D eigenvalue weighted by Crippen LogP contribution is -2.07. The first-order valence-electron chi connectivity index (χ1n) is 14.6. The third kappa shape index (κ3) is 3.49. The summed E-state index contributed by atoms with van der Waals surface area (Å²) in [6.45, 7) is 0. The van der Waals surface area contributed by atoms with E-state index in [0.29, 0.717) is 6.42 Å². The van der Waals surface area contributed by atoms with Gasteiger partial charge in [-0.25, -0.2) is 0 Å². The lowest BCUT2D eigenvalue weighted by Gasteiger charge is -2.24. The van der Waals surface area contributed by atoms with Crippen LogP contribution >= 0.6 is 0 Å². The van der Waals surface area contributed by atoms with Crippen LogP contribution in [0.1, 0.15) is 29.2 Å². The zero-order valence-electron chi connectivity index (χ0n) is 23.0. The van der Waals surface area contributed by atoms with Crippen LogP contribution in [0.2, 0.25) is 0 Å². The molecule has 8 aromatic rings. The Labute approximate surface area is 243 Å². The number of para-hydroxylation sites is 3. The van der Waals surface area contributed by atoms with Crippen molar-refractivity contribution in [1.82, 2.24) is 4.57 Å². The fraction of sp³-hybridized carbons (Fsp3) is 0.0500. The summed E-state index contributed by atoms with van der Waals surface area (Å²) in [5.74, 6) is 0. The number of fused-ring (bicyclic) bond motifs is 7. The molecule has 0 saturated heterocycles. The topological polar surface area (TPSA) is 25.2 Å². The van der Waals surface area contributed by atoms with E-state index in [1.807, 2.05) is 0 Å². The summed E-state index contributed by atoms with van der Waals surface area (Å²) in [6.07, 6.45) is 2.31. The fourth-order valence-electron chi connectivity index (χ4n) is 7.07. The molecule has 1 N–H and O–H groups in total. The van der Waals surface area contributed by atoms with Crippen LogP contribution in [0.15, 0.2) is 133 Å². The highest BCUT2D eigenvalue weighted by atomic mass is 16.3. The molecule has 1 aromatic heterocycles. The third-order valence-electron chi connectivity index (χ3n) is 9.02. The maximum absolute atomic E-state index is 11.6. The van der Waals surface area contributed by atoms with E-state index in [1.54, 1.807) is 0 Å². The van der Waals surface area contributed by atoms with Crippen LogP contribution < -0.4 is 0 Å². The van der Waals surface area contributed by atoms with Crippen molar-refractivity contribution in [3.8, 4) is 5.69 Å². The maximum atomic E-state index is 11.6. The molecule has 0 bridgehead atoms. The SMILES string of the molecule is OC1CC(c2cccc3c4ccccc4n(-c4ccccc4)c23)=Cc2cc3cc4cc5ccccc5cc4cc3cc21. The van der Waals surface area contributed by atoms with Gasteiger partial charge in [-0.05, 0) is 104 Å². The summed E-state index contributed by atoms with van der Waals surface area (Å²) in [5, 5.41) is 21.3. The Morgan fingerprint density at radius 2 is 1.17 bits per heavy atom. The maximum Gasteiger partial charge on any atom is 0.0836 e. The highest BCUT2D eigenvalue weighted by Gasteiger charge is 2.24. The first kappa shape index (κ1) is 23.5. The Hall–Kier alpha value is -5.18. The van der Waals surface area contributed by atoms with Crippen molar-refractivity contribution in [2.24, 2.45) is 0 Å². The molecule has 2 nitrogen and oxygen atoms in total. The summed E-state index contributed by atoms with van der Waals surface area (Å²) < 4.78 is 2.37. The van der Waals surface area contributed by atoms with Crippen LogP contribution in [-0.4, -0.2) is 9.67 Å². The van der Waals surface area contributed by atoms with E-state index in [-0.39, 0.29) is 0 Å². The van der Waals surface area contributed by atoms with Gasteiger partial charge in [-0.1, -0.05) is 84.9 Å². The second-order valence-electron chi connectivity index (χ2n) is 11.5. The molecule has 1 heterocycles. The summed E-state index contributed by atoms with van der Waals surface area (Å²) in [7, 11) is 0. The number of hydrogen-bond acceptors (Lipinski definition) is 1. The zero-order chi connectivity index (χ0) is 27.8. The van der Waals surface area contributed by atoms with Crippen LogP contribution in [-0.2, 0) is 0 Å². The molecular formula is C40H27NO. The van der Waals surface area contributed by atoms with Crippen molar-refractivity contribution in [3.63, 3.8) is 0 Å². The first-order chi connectivity index (χ1) is 20.7. The predicted molar refractivity (Wildman–Crippen MR) is 177 cm³/mol. The van der Waals surface area contributed by atoms with Gasteiger partial charge in [0.2, 0.25) is 0 Å². The molecule has 2 heteroatoms. The standard InChI is InChI=1S/C40H27NO/c42-39-24-32(34-14-8-15-36-35-13-6-7-16-38(35)41(40(34)36)33-11-2-1-3-12-33)22-31-21-29-19-27-17-25-9-4-5-10-26(25)18-28(27)20-30(29)23-37(31)39/h1-23,39,42H,24H2. The number of aromatic nitrogens is 1. The zero-order valence-corrected chi connectivity index (χ0v) is 23.0. The van der Waals surface area contributed by atoms with Crippen LogP contribution in [0, 0.1) is 0 Å². The molecule has 0 saturated carbocycles. The lowest BCUT2D eigenvalue weighted by atomic mass is 9.84. The average Bonchev–Trinajstić information content (AvgIpc) is 3.37. The Kier molecular flexibility index (Phi) is 4.99. The average molecular weight is 538 g/mol. The van der Waals surface area contributed by atoms with Gasteiger partial charge in [0.25, 0.3) is 0 Å². The van der Waals surface area contributed by atoms with Crippen molar-refractivity contribution < 1.29 is 5.11 Å². The van der Waals surface area contributed by atoms with Gasteiger partial charge in [0, 0.05) is 28.4 Å². The summed E-state index contributed by atoms with van der Waals surface area (Å²) in [5.41, 5.74) is 7.94. The molecular weight excluding hydrogens is 510 g/mol. The molecule has 42 heavy (non-hydrogen) atoms. The van der Waals surface area contributed by atoms with E-state index < -0.39 is 6.10 Å². The molecule has 0 fully saturated rings. The Bertz CT molecular complexity index is 2390. The Morgan fingerprint density at radius 1 is 0.548 bits per heavy atom. The first-order valence-corrected chi connectivity index (χ1v) is 14.6. The van der Waals surface area contributed by atoms with E-state index in [0.717, 1.165) is 22.4 Å². The van der Waals surface area contributed by atoms with Crippen molar-refractivity contribution in [2.75, 3.05) is 0 Å². The minimum Gasteiger partial charge on any atom is -0.388 e. The Morgan fingerprint density at radius 3 is 1.95 bits per heavy atom. The molecule has 0 aliphatic heterocycles. The quantitative estimate of drug-likeness (QED) is 0.218. The molecule has 0 spiro atoms. The van der Waals surface area contributed by atoms with Gasteiger partial charge < -0.3 is 9.67 Å². The van der Waals surface area contributed by atoms with Gasteiger partial charge in [-0.2, -0.15) is 0 Å². The number of aliphatic hydroxyl groups excluding tert-OH is 1. The molecule has 7 aromatic carbocycles. The van der Waals surface area contributed by atoms with Gasteiger partial charge in [-0.3, -0.25) is 0 Å². The van der Waals surface area contributed by atoms with Crippen LogP contribution in [0.25, 0.3) is 71.5 Å². The summed E-state index contributed by atoms with van der Waals surface area (Å²) in [6, 6.07) is 47.9. The van der Waals surface area contributed by atoms with Crippen LogP contribution in [0.4, 0.5) is 0 Å². The molecule has 0 amide bonds. The van der Waals surface area contributed by atoms with Crippen LogP contribution in [0.5, 0.6) is 0 Å². The van der Waals surface area contributed by atoms with Crippen LogP contribution in [0.3, 0.4) is 0 Å². The molecule has 9 rings (SSSR count). The normalized spacial score (nSPS) is 15.1. The van der Waals surface area contributed by atoms with Gasteiger partial charge in [0.1, 0.15) is 0 Å². The largest absolute Gasteiger partial charge is 0.388 e. The molecule has 1 aliphatic rings. The van der Waals surface area contributed by atoms with Gasteiger partial charge in [0.15, 0.2) is 0 Å². The second-order valence-corrected chi connectivity index (χ2v) is 11.5. The number of nitrogens with zero attached hydrogens (tertiary/aromatic N) is 1. The van der Waals surface area contributed by atoms with E-state index >= 15 is 0 Å². The number of aliphatic hydroxyl groups is 1.